The molecule has 116 valence electrons. The van der Waals surface area contributed by atoms with Crippen LogP contribution in [0.1, 0.15) is 30.7 Å². The first-order valence-corrected chi connectivity index (χ1v) is 7.28. The molecule has 1 aliphatic rings. The van der Waals surface area contributed by atoms with E-state index in [-0.39, 0.29) is 12.2 Å². The number of aliphatic imine (C=N–C) groups is 1. The van der Waals surface area contributed by atoms with Crippen molar-refractivity contribution in [3.05, 3.63) is 42.0 Å². The average molecular weight is 301 g/mol. The van der Waals surface area contributed by atoms with Gasteiger partial charge in [0.25, 0.3) is 5.89 Å². The molecule has 0 saturated carbocycles. The summed E-state index contributed by atoms with van der Waals surface area (Å²) in [6.45, 7) is 2.30. The Balaban J connectivity index is 1.51. The molecule has 2 atom stereocenters. The number of para-hydroxylation sites is 1. The van der Waals surface area contributed by atoms with Gasteiger partial charge < -0.3 is 20.3 Å². The van der Waals surface area contributed by atoms with E-state index in [0.29, 0.717) is 24.2 Å². The first kappa shape index (κ1) is 14.5. The highest BCUT2D eigenvalue weighted by Crippen LogP contribution is 2.31. The summed E-state index contributed by atoms with van der Waals surface area (Å²) in [5, 5.41) is 6.83. The number of nitrogens with zero attached hydrogens (tertiary/aromatic N) is 3. The van der Waals surface area contributed by atoms with Crippen molar-refractivity contribution >= 4 is 11.6 Å². The van der Waals surface area contributed by atoms with Gasteiger partial charge in [-0.3, -0.25) is 4.99 Å². The molecule has 0 bridgehead atoms. The van der Waals surface area contributed by atoms with Crippen LogP contribution in [-0.2, 0) is 4.74 Å². The Hall–Kier alpha value is -2.41. The second-order valence-corrected chi connectivity index (χ2v) is 5.22. The zero-order valence-electron chi connectivity index (χ0n) is 12.4. The number of guanidine groups is 1. The Morgan fingerprint density at radius 3 is 2.91 bits per heavy atom. The minimum absolute atomic E-state index is 0.0216. The molecule has 3 N–H and O–H groups in total. The fourth-order valence-corrected chi connectivity index (χ4v) is 2.37. The van der Waals surface area contributed by atoms with Crippen LogP contribution in [0.3, 0.4) is 0 Å². The Labute approximate surface area is 128 Å². The van der Waals surface area contributed by atoms with E-state index >= 15 is 0 Å². The van der Waals surface area contributed by atoms with Crippen LogP contribution in [-0.4, -0.2) is 28.7 Å². The molecule has 0 unspecified atom stereocenters. The van der Waals surface area contributed by atoms with Crippen molar-refractivity contribution in [1.29, 1.82) is 0 Å². The number of benzene rings is 1. The summed E-state index contributed by atoms with van der Waals surface area (Å²) in [5.74, 6) is 1.54. The van der Waals surface area contributed by atoms with E-state index in [4.69, 9.17) is 15.0 Å². The Bertz CT molecular complexity index is 640. The number of hydrogen-bond acceptors (Lipinski definition) is 5. The van der Waals surface area contributed by atoms with Crippen molar-refractivity contribution in [2.24, 2.45) is 10.7 Å². The molecular formula is C15H19N5O2. The van der Waals surface area contributed by atoms with Gasteiger partial charge in [0.2, 0.25) is 0 Å². The molecule has 3 rings (SSSR count). The van der Waals surface area contributed by atoms with Crippen molar-refractivity contribution in [1.82, 2.24) is 10.1 Å². The molecule has 7 nitrogen and oxygen atoms in total. The van der Waals surface area contributed by atoms with Crippen LogP contribution < -0.4 is 11.1 Å². The van der Waals surface area contributed by atoms with E-state index in [9.17, 15) is 0 Å². The summed E-state index contributed by atoms with van der Waals surface area (Å²) in [6.07, 6.45) is 1.64. The zero-order valence-corrected chi connectivity index (χ0v) is 12.4. The van der Waals surface area contributed by atoms with E-state index in [1.54, 1.807) is 6.92 Å². The lowest BCUT2D eigenvalue weighted by Crippen LogP contribution is -2.24. The monoisotopic (exact) mass is 301 g/mol. The van der Waals surface area contributed by atoms with Gasteiger partial charge in [0, 0.05) is 5.69 Å². The fourth-order valence-electron chi connectivity index (χ4n) is 2.37. The van der Waals surface area contributed by atoms with E-state index in [1.807, 2.05) is 30.3 Å². The van der Waals surface area contributed by atoms with Gasteiger partial charge in [0.05, 0.1) is 12.6 Å². The summed E-state index contributed by atoms with van der Waals surface area (Å²) in [4.78, 5) is 8.53. The van der Waals surface area contributed by atoms with Crippen molar-refractivity contribution < 1.29 is 9.26 Å². The number of nitrogens with one attached hydrogen (secondary N) is 1. The van der Waals surface area contributed by atoms with Crippen molar-refractivity contribution in [2.45, 2.75) is 32.0 Å². The molecule has 1 aromatic carbocycles. The minimum Gasteiger partial charge on any atom is -0.370 e. The maximum absolute atomic E-state index is 5.88. The predicted molar refractivity (Wildman–Crippen MR) is 82.4 cm³/mol. The number of nitrogens with two attached hydrogens (primary N) is 1. The highest BCUT2D eigenvalue weighted by Gasteiger charge is 2.30. The Morgan fingerprint density at radius 2 is 2.18 bits per heavy atom. The van der Waals surface area contributed by atoms with Gasteiger partial charge >= 0.3 is 0 Å². The third-order valence-electron chi connectivity index (χ3n) is 3.44. The summed E-state index contributed by atoms with van der Waals surface area (Å²) in [5.41, 5.74) is 6.79. The first-order chi connectivity index (χ1) is 10.7. The average Bonchev–Trinajstić information content (AvgIpc) is 3.15. The molecule has 0 spiro atoms. The SMILES string of the molecule is Cc1noc([C@@H]2CC[C@H](CN=C(N)Nc3ccccc3)O2)n1. The lowest BCUT2D eigenvalue weighted by atomic mass is 10.2. The smallest absolute Gasteiger partial charge is 0.255 e. The van der Waals surface area contributed by atoms with Crippen LogP contribution in [0.4, 0.5) is 5.69 Å². The lowest BCUT2D eigenvalue weighted by Gasteiger charge is -2.10. The third-order valence-corrected chi connectivity index (χ3v) is 3.44. The number of aromatic nitrogens is 2. The predicted octanol–water partition coefficient (Wildman–Crippen LogP) is 2.02. The van der Waals surface area contributed by atoms with Crippen LogP contribution in [0.15, 0.2) is 39.8 Å². The molecule has 0 amide bonds. The second-order valence-electron chi connectivity index (χ2n) is 5.22. The van der Waals surface area contributed by atoms with E-state index < -0.39 is 0 Å². The highest BCUT2D eigenvalue weighted by molar-refractivity contribution is 5.92. The molecule has 2 aromatic rings. The maximum Gasteiger partial charge on any atom is 0.255 e. The quantitative estimate of drug-likeness (QED) is 0.662. The molecule has 1 fully saturated rings. The molecule has 1 aliphatic heterocycles. The zero-order chi connectivity index (χ0) is 15.4. The van der Waals surface area contributed by atoms with Gasteiger partial charge in [-0.25, -0.2) is 0 Å². The Kier molecular flexibility index (Phi) is 4.34. The van der Waals surface area contributed by atoms with E-state index in [1.165, 1.54) is 0 Å². The molecule has 7 heteroatoms. The number of hydrogen-bond donors (Lipinski definition) is 2. The largest absolute Gasteiger partial charge is 0.370 e. The first-order valence-electron chi connectivity index (χ1n) is 7.28. The van der Waals surface area contributed by atoms with Crippen LogP contribution >= 0.6 is 0 Å². The van der Waals surface area contributed by atoms with Gasteiger partial charge in [-0.1, -0.05) is 23.4 Å². The van der Waals surface area contributed by atoms with Gasteiger partial charge in [0.15, 0.2) is 11.8 Å². The molecule has 0 aliphatic carbocycles. The molecule has 1 aromatic heterocycles. The van der Waals surface area contributed by atoms with Gasteiger partial charge in [-0.05, 0) is 31.9 Å². The van der Waals surface area contributed by atoms with Gasteiger partial charge in [-0.2, -0.15) is 4.98 Å². The summed E-state index contributed by atoms with van der Waals surface area (Å²) in [7, 11) is 0. The number of rotatable bonds is 4. The summed E-state index contributed by atoms with van der Waals surface area (Å²) < 4.78 is 11.0. The topological polar surface area (TPSA) is 98.6 Å². The number of ether oxygens (including phenoxy) is 1. The highest BCUT2D eigenvalue weighted by atomic mass is 16.5. The van der Waals surface area contributed by atoms with Crippen LogP contribution in [0.5, 0.6) is 0 Å². The third kappa shape index (κ3) is 3.62. The van der Waals surface area contributed by atoms with Gasteiger partial charge in [-0.15, -0.1) is 0 Å². The fraction of sp³-hybridized carbons (Fsp3) is 0.400. The normalized spacial score (nSPS) is 22.0. The number of anilines is 1. The van der Waals surface area contributed by atoms with Crippen molar-refractivity contribution in [3.8, 4) is 0 Å². The minimum atomic E-state index is -0.135. The van der Waals surface area contributed by atoms with Crippen LogP contribution in [0.25, 0.3) is 0 Å². The van der Waals surface area contributed by atoms with Crippen LogP contribution in [0, 0.1) is 6.92 Å². The molecule has 22 heavy (non-hydrogen) atoms. The lowest BCUT2D eigenvalue weighted by molar-refractivity contribution is 0.0309. The van der Waals surface area contributed by atoms with Gasteiger partial charge in [0.1, 0.15) is 6.10 Å². The summed E-state index contributed by atoms with van der Waals surface area (Å²) >= 11 is 0. The molecular weight excluding hydrogens is 282 g/mol. The van der Waals surface area contributed by atoms with Crippen molar-refractivity contribution in [2.75, 3.05) is 11.9 Å². The van der Waals surface area contributed by atoms with E-state index in [2.05, 4.69) is 20.4 Å². The Morgan fingerprint density at radius 1 is 1.36 bits per heavy atom. The molecule has 2 heterocycles. The maximum atomic E-state index is 5.88. The van der Waals surface area contributed by atoms with Crippen molar-refractivity contribution in [3.63, 3.8) is 0 Å². The second kappa shape index (κ2) is 6.57. The van der Waals surface area contributed by atoms with E-state index in [0.717, 1.165) is 18.5 Å². The standard InChI is InChI=1S/C15H19N5O2/c1-10-18-14(22-20-10)13-8-7-12(21-13)9-17-15(16)19-11-5-3-2-4-6-11/h2-6,12-13H,7-9H2,1H3,(H3,16,17,19)/t12-,13+/m1/s1. The summed E-state index contributed by atoms with van der Waals surface area (Å²) in [6, 6.07) is 9.69. The molecule has 1 saturated heterocycles. The molecule has 0 radical (unpaired) electrons. The van der Waals surface area contributed by atoms with Crippen LogP contribution in [0.2, 0.25) is 0 Å². The number of aryl methyl sites for hydroxylation is 1.